The van der Waals surface area contributed by atoms with E-state index in [0.29, 0.717) is 5.95 Å². The van der Waals surface area contributed by atoms with Crippen molar-refractivity contribution in [3.05, 3.63) is 76.8 Å². The summed E-state index contributed by atoms with van der Waals surface area (Å²) < 4.78 is 14.5. The lowest BCUT2D eigenvalue weighted by Gasteiger charge is -2.07. The molecule has 0 saturated carbocycles. The Labute approximate surface area is 146 Å². The van der Waals surface area contributed by atoms with Crippen LogP contribution >= 0.6 is 15.9 Å². The van der Waals surface area contributed by atoms with E-state index >= 15 is 0 Å². The fourth-order valence-corrected chi connectivity index (χ4v) is 2.19. The lowest BCUT2D eigenvalue weighted by atomic mass is 10.2. The number of rotatable bonds is 4. The monoisotopic (exact) mass is 386 g/mol. The van der Waals surface area contributed by atoms with E-state index in [1.165, 1.54) is 24.5 Å². The van der Waals surface area contributed by atoms with Gasteiger partial charge in [0.15, 0.2) is 0 Å². The zero-order valence-corrected chi connectivity index (χ0v) is 13.9. The number of hydrogen-bond acceptors (Lipinski definition) is 4. The van der Waals surface area contributed by atoms with Crippen LogP contribution in [0.2, 0.25) is 0 Å². The quantitative estimate of drug-likeness (QED) is 0.698. The molecule has 0 spiro atoms. The highest BCUT2D eigenvalue weighted by molar-refractivity contribution is 9.10. The van der Waals surface area contributed by atoms with Crippen molar-refractivity contribution in [2.45, 2.75) is 0 Å². The SMILES string of the molecule is O=C(Nc1ccccc1F)c1cnc(Nc2ccc(Br)cc2)nc1. The zero-order valence-electron chi connectivity index (χ0n) is 12.3. The van der Waals surface area contributed by atoms with Crippen molar-refractivity contribution in [3.8, 4) is 0 Å². The summed E-state index contributed by atoms with van der Waals surface area (Å²) in [5, 5.41) is 5.50. The number of anilines is 3. The Morgan fingerprint density at radius 1 is 1.00 bits per heavy atom. The van der Waals surface area contributed by atoms with Crippen LogP contribution in [0.15, 0.2) is 65.4 Å². The summed E-state index contributed by atoms with van der Waals surface area (Å²) in [6.07, 6.45) is 2.76. The topological polar surface area (TPSA) is 66.9 Å². The van der Waals surface area contributed by atoms with Gasteiger partial charge in [0.2, 0.25) is 5.95 Å². The first-order valence-electron chi connectivity index (χ1n) is 7.02. The lowest BCUT2D eigenvalue weighted by molar-refractivity contribution is 0.102. The number of carbonyl (C=O) groups is 1. The standard InChI is InChI=1S/C17H12BrFN4O/c18-12-5-7-13(8-6-12)22-17-20-9-11(10-21-17)16(24)23-15-4-2-1-3-14(15)19/h1-10H,(H,23,24)(H,20,21,22). The van der Waals surface area contributed by atoms with Crippen molar-refractivity contribution in [1.29, 1.82) is 0 Å². The minimum absolute atomic E-state index is 0.111. The van der Waals surface area contributed by atoms with Gasteiger partial charge in [-0.15, -0.1) is 0 Å². The lowest BCUT2D eigenvalue weighted by Crippen LogP contribution is -2.14. The number of hydrogen-bond donors (Lipinski definition) is 2. The van der Waals surface area contributed by atoms with Crippen LogP contribution in [-0.2, 0) is 0 Å². The fraction of sp³-hybridized carbons (Fsp3) is 0. The summed E-state index contributed by atoms with van der Waals surface area (Å²) in [5.41, 5.74) is 1.17. The number of nitrogens with zero attached hydrogens (tertiary/aromatic N) is 2. The molecule has 2 N–H and O–H groups in total. The maximum absolute atomic E-state index is 13.5. The number of amides is 1. The molecule has 0 aliphatic carbocycles. The second kappa shape index (κ2) is 7.18. The predicted molar refractivity (Wildman–Crippen MR) is 93.8 cm³/mol. The maximum atomic E-state index is 13.5. The van der Waals surface area contributed by atoms with E-state index < -0.39 is 11.7 Å². The molecule has 1 amide bonds. The fourth-order valence-electron chi connectivity index (χ4n) is 1.93. The molecule has 2 aromatic carbocycles. The Morgan fingerprint density at radius 2 is 1.67 bits per heavy atom. The third-order valence-electron chi connectivity index (χ3n) is 3.14. The van der Waals surface area contributed by atoms with Crippen molar-refractivity contribution in [2.75, 3.05) is 10.6 Å². The van der Waals surface area contributed by atoms with Crippen LogP contribution in [0.4, 0.5) is 21.7 Å². The summed E-state index contributed by atoms with van der Waals surface area (Å²) in [6.45, 7) is 0. The second-order valence-electron chi connectivity index (χ2n) is 4.86. The average Bonchev–Trinajstić information content (AvgIpc) is 2.59. The van der Waals surface area contributed by atoms with Crippen molar-refractivity contribution in [2.24, 2.45) is 0 Å². The van der Waals surface area contributed by atoms with Gasteiger partial charge in [-0.1, -0.05) is 28.1 Å². The van der Waals surface area contributed by atoms with E-state index in [-0.39, 0.29) is 11.3 Å². The molecule has 1 aromatic heterocycles. The van der Waals surface area contributed by atoms with Crippen LogP contribution in [0.5, 0.6) is 0 Å². The van der Waals surface area contributed by atoms with Crippen molar-refractivity contribution in [3.63, 3.8) is 0 Å². The molecular formula is C17H12BrFN4O. The van der Waals surface area contributed by atoms with Crippen LogP contribution in [-0.4, -0.2) is 15.9 Å². The molecule has 7 heteroatoms. The van der Waals surface area contributed by atoms with Gasteiger partial charge in [0.1, 0.15) is 5.82 Å². The first kappa shape index (κ1) is 16.1. The Balaban J connectivity index is 1.68. The summed E-state index contributed by atoms with van der Waals surface area (Å²) in [4.78, 5) is 20.3. The Bertz CT molecular complexity index is 853. The number of carbonyl (C=O) groups excluding carboxylic acids is 1. The predicted octanol–water partition coefficient (Wildman–Crippen LogP) is 4.37. The molecule has 1 heterocycles. The molecule has 24 heavy (non-hydrogen) atoms. The first-order valence-corrected chi connectivity index (χ1v) is 7.81. The highest BCUT2D eigenvalue weighted by Crippen LogP contribution is 2.17. The van der Waals surface area contributed by atoms with Crippen LogP contribution in [0.3, 0.4) is 0 Å². The highest BCUT2D eigenvalue weighted by Gasteiger charge is 2.10. The molecule has 0 aliphatic rings. The van der Waals surface area contributed by atoms with Gasteiger partial charge in [-0.05, 0) is 36.4 Å². The molecule has 120 valence electrons. The minimum atomic E-state index is -0.500. The smallest absolute Gasteiger partial charge is 0.258 e. The van der Waals surface area contributed by atoms with E-state index in [0.717, 1.165) is 10.2 Å². The molecule has 0 aliphatic heterocycles. The van der Waals surface area contributed by atoms with Gasteiger partial charge in [0, 0.05) is 22.6 Å². The molecule has 0 atom stereocenters. The molecule has 0 fully saturated rings. The van der Waals surface area contributed by atoms with E-state index in [1.54, 1.807) is 12.1 Å². The molecule has 5 nitrogen and oxygen atoms in total. The maximum Gasteiger partial charge on any atom is 0.258 e. The van der Waals surface area contributed by atoms with Gasteiger partial charge < -0.3 is 10.6 Å². The van der Waals surface area contributed by atoms with Crippen LogP contribution in [0.1, 0.15) is 10.4 Å². The molecular weight excluding hydrogens is 375 g/mol. The number of para-hydroxylation sites is 1. The molecule has 0 unspecified atom stereocenters. The first-order chi connectivity index (χ1) is 11.6. The molecule has 0 saturated heterocycles. The highest BCUT2D eigenvalue weighted by atomic mass is 79.9. The van der Waals surface area contributed by atoms with Crippen molar-refractivity contribution < 1.29 is 9.18 Å². The Kier molecular flexibility index (Phi) is 4.81. The van der Waals surface area contributed by atoms with E-state index in [9.17, 15) is 9.18 Å². The molecule has 3 rings (SSSR count). The van der Waals surface area contributed by atoms with Gasteiger partial charge in [0.05, 0.1) is 11.3 Å². The van der Waals surface area contributed by atoms with Gasteiger partial charge in [-0.2, -0.15) is 0 Å². The summed E-state index contributed by atoms with van der Waals surface area (Å²) >= 11 is 3.36. The van der Waals surface area contributed by atoms with E-state index in [2.05, 4.69) is 36.5 Å². The van der Waals surface area contributed by atoms with Gasteiger partial charge >= 0.3 is 0 Å². The van der Waals surface area contributed by atoms with Crippen molar-refractivity contribution in [1.82, 2.24) is 9.97 Å². The zero-order chi connectivity index (χ0) is 16.9. The van der Waals surface area contributed by atoms with Crippen LogP contribution in [0.25, 0.3) is 0 Å². The Morgan fingerprint density at radius 3 is 2.33 bits per heavy atom. The van der Waals surface area contributed by atoms with E-state index in [4.69, 9.17) is 0 Å². The average molecular weight is 387 g/mol. The number of benzene rings is 2. The molecule has 0 bridgehead atoms. The summed E-state index contributed by atoms with van der Waals surface area (Å²) in [6, 6.07) is 13.5. The number of nitrogens with one attached hydrogen (secondary N) is 2. The van der Waals surface area contributed by atoms with Gasteiger partial charge in [-0.3, -0.25) is 4.79 Å². The van der Waals surface area contributed by atoms with E-state index in [1.807, 2.05) is 24.3 Å². The number of halogens is 2. The molecule has 3 aromatic rings. The van der Waals surface area contributed by atoms with Crippen LogP contribution in [0, 0.1) is 5.82 Å². The van der Waals surface area contributed by atoms with Gasteiger partial charge in [0.25, 0.3) is 5.91 Å². The normalized spacial score (nSPS) is 10.2. The third-order valence-corrected chi connectivity index (χ3v) is 3.67. The largest absolute Gasteiger partial charge is 0.324 e. The summed E-state index contributed by atoms with van der Waals surface area (Å²) in [7, 11) is 0. The Hall–Kier alpha value is -2.80. The summed E-state index contributed by atoms with van der Waals surface area (Å²) in [5.74, 6) is -0.615. The van der Waals surface area contributed by atoms with Crippen molar-refractivity contribution >= 4 is 39.2 Å². The molecule has 0 radical (unpaired) electrons. The second-order valence-corrected chi connectivity index (χ2v) is 5.78. The number of aromatic nitrogens is 2. The minimum Gasteiger partial charge on any atom is -0.324 e. The van der Waals surface area contributed by atoms with Gasteiger partial charge in [-0.25, -0.2) is 14.4 Å². The third kappa shape index (κ3) is 3.94. The van der Waals surface area contributed by atoms with Crippen LogP contribution < -0.4 is 10.6 Å².